The summed E-state index contributed by atoms with van der Waals surface area (Å²) >= 11 is 1.90. The number of furan rings is 1. The molecule has 0 fully saturated rings. The van der Waals surface area contributed by atoms with Crippen molar-refractivity contribution in [2.75, 3.05) is 0 Å². The first-order chi connectivity index (χ1) is 9.15. The Hall–Kier alpha value is -1.06. The third-order valence-electron chi connectivity index (χ3n) is 3.99. The number of thiophene rings is 1. The summed E-state index contributed by atoms with van der Waals surface area (Å²) in [4.78, 5) is 2.84. The molecule has 0 amide bonds. The summed E-state index contributed by atoms with van der Waals surface area (Å²) in [5.41, 5.74) is 9.10. The molecule has 1 aliphatic rings. The molecule has 0 saturated heterocycles. The minimum atomic E-state index is -0.0330. The zero-order valence-electron chi connectivity index (χ0n) is 11.7. The van der Waals surface area contributed by atoms with Gasteiger partial charge in [-0.2, -0.15) is 0 Å². The van der Waals surface area contributed by atoms with Gasteiger partial charge in [-0.3, -0.25) is 0 Å². The molecule has 102 valence electrons. The van der Waals surface area contributed by atoms with Crippen LogP contribution in [0.5, 0.6) is 0 Å². The quantitative estimate of drug-likeness (QED) is 0.831. The molecule has 2 nitrogen and oxygen atoms in total. The van der Waals surface area contributed by atoms with Crippen LogP contribution in [0.3, 0.4) is 0 Å². The predicted octanol–water partition coefficient (Wildman–Crippen LogP) is 4.27. The van der Waals surface area contributed by atoms with Gasteiger partial charge in [0.25, 0.3) is 0 Å². The molecule has 2 aromatic heterocycles. The van der Waals surface area contributed by atoms with E-state index in [0.29, 0.717) is 0 Å². The van der Waals surface area contributed by atoms with Gasteiger partial charge in [0.1, 0.15) is 11.5 Å². The average Bonchev–Trinajstić information content (AvgIpc) is 2.85. The molecule has 19 heavy (non-hydrogen) atoms. The summed E-state index contributed by atoms with van der Waals surface area (Å²) in [6.07, 6.45) is 6.47. The van der Waals surface area contributed by atoms with E-state index in [1.807, 2.05) is 25.2 Å². The van der Waals surface area contributed by atoms with E-state index < -0.39 is 0 Å². The third-order valence-corrected chi connectivity index (χ3v) is 5.31. The number of nitrogens with two attached hydrogens (primary N) is 1. The lowest BCUT2D eigenvalue weighted by atomic mass is 10.0. The van der Waals surface area contributed by atoms with Gasteiger partial charge in [-0.25, -0.2) is 0 Å². The van der Waals surface area contributed by atoms with E-state index in [1.165, 1.54) is 42.5 Å². The van der Waals surface area contributed by atoms with E-state index in [-0.39, 0.29) is 6.04 Å². The van der Waals surface area contributed by atoms with E-state index in [9.17, 15) is 0 Å². The summed E-state index contributed by atoms with van der Waals surface area (Å²) in [5, 5.41) is 0. The van der Waals surface area contributed by atoms with Crippen LogP contribution in [0.1, 0.15) is 57.7 Å². The van der Waals surface area contributed by atoms with Gasteiger partial charge in [0.05, 0.1) is 6.04 Å². The summed E-state index contributed by atoms with van der Waals surface area (Å²) in [6.45, 7) is 3.98. The molecule has 0 bridgehead atoms. The molecule has 0 aromatic carbocycles. The zero-order valence-corrected chi connectivity index (χ0v) is 12.5. The maximum atomic E-state index is 6.43. The fraction of sp³-hybridized carbons (Fsp3) is 0.500. The van der Waals surface area contributed by atoms with Crippen molar-refractivity contribution in [1.82, 2.24) is 0 Å². The van der Waals surface area contributed by atoms with Crippen molar-refractivity contribution in [2.24, 2.45) is 5.73 Å². The number of aryl methyl sites for hydroxylation is 4. The summed E-state index contributed by atoms with van der Waals surface area (Å²) in [7, 11) is 0. The zero-order chi connectivity index (χ0) is 13.4. The van der Waals surface area contributed by atoms with Crippen molar-refractivity contribution in [3.8, 4) is 0 Å². The number of hydrogen-bond acceptors (Lipinski definition) is 3. The Balaban J connectivity index is 1.92. The largest absolute Gasteiger partial charge is 0.466 e. The highest BCUT2D eigenvalue weighted by atomic mass is 32.1. The molecule has 1 aliphatic carbocycles. The van der Waals surface area contributed by atoms with E-state index in [0.717, 1.165) is 17.1 Å². The molecular weight excluding hydrogens is 254 g/mol. The average molecular weight is 275 g/mol. The van der Waals surface area contributed by atoms with Gasteiger partial charge in [0.2, 0.25) is 0 Å². The lowest BCUT2D eigenvalue weighted by molar-refractivity contribution is 0.500. The van der Waals surface area contributed by atoms with Gasteiger partial charge in [-0.15, -0.1) is 11.3 Å². The molecule has 1 atom stereocenters. The van der Waals surface area contributed by atoms with Gasteiger partial charge in [0, 0.05) is 15.3 Å². The highest BCUT2D eigenvalue weighted by molar-refractivity contribution is 7.12. The van der Waals surface area contributed by atoms with E-state index >= 15 is 0 Å². The molecule has 2 N–H and O–H groups in total. The number of rotatable bonds is 2. The molecule has 0 radical (unpaired) electrons. The third kappa shape index (κ3) is 2.49. The molecular formula is C16H21NOS. The molecule has 2 aromatic rings. The Labute approximate surface area is 118 Å². The Morgan fingerprint density at radius 1 is 1.16 bits per heavy atom. The maximum absolute atomic E-state index is 6.43. The Kier molecular flexibility index (Phi) is 3.50. The molecule has 0 saturated carbocycles. The van der Waals surface area contributed by atoms with Crippen molar-refractivity contribution in [3.05, 3.63) is 44.5 Å². The second kappa shape index (κ2) is 5.14. The second-order valence-corrected chi connectivity index (χ2v) is 6.67. The summed E-state index contributed by atoms with van der Waals surface area (Å²) in [5.74, 6) is 1.90. The van der Waals surface area contributed by atoms with Crippen LogP contribution in [0.25, 0.3) is 0 Å². The molecule has 0 aliphatic heterocycles. The smallest absolute Gasteiger partial charge is 0.106 e. The van der Waals surface area contributed by atoms with Crippen LogP contribution in [0.15, 0.2) is 16.5 Å². The van der Waals surface area contributed by atoms with E-state index in [1.54, 1.807) is 4.88 Å². The molecule has 2 heterocycles. The van der Waals surface area contributed by atoms with Crippen molar-refractivity contribution in [3.63, 3.8) is 0 Å². The fourth-order valence-corrected chi connectivity index (χ4v) is 4.23. The maximum Gasteiger partial charge on any atom is 0.106 e. The topological polar surface area (TPSA) is 39.2 Å². The second-order valence-electron chi connectivity index (χ2n) is 5.50. The van der Waals surface area contributed by atoms with Crippen molar-refractivity contribution < 1.29 is 4.42 Å². The first-order valence-electron chi connectivity index (χ1n) is 7.09. The number of hydrogen-bond donors (Lipinski definition) is 1. The van der Waals surface area contributed by atoms with Crippen LogP contribution in [0.2, 0.25) is 0 Å². The van der Waals surface area contributed by atoms with Crippen LogP contribution >= 0.6 is 11.3 Å². The molecule has 0 spiro atoms. The van der Waals surface area contributed by atoms with Gasteiger partial charge < -0.3 is 10.2 Å². The molecule has 3 rings (SSSR count). The lowest BCUT2D eigenvalue weighted by Crippen LogP contribution is -2.10. The van der Waals surface area contributed by atoms with Crippen LogP contribution < -0.4 is 5.73 Å². The van der Waals surface area contributed by atoms with Crippen molar-refractivity contribution in [1.29, 1.82) is 0 Å². The Morgan fingerprint density at radius 3 is 2.68 bits per heavy atom. The lowest BCUT2D eigenvalue weighted by Gasteiger charge is -2.08. The van der Waals surface area contributed by atoms with Gasteiger partial charge in [0.15, 0.2) is 0 Å². The minimum Gasteiger partial charge on any atom is -0.466 e. The van der Waals surface area contributed by atoms with Gasteiger partial charge >= 0.3 is 0 Å². The van der Waals surface area contributed by atoms with Crippen LogP contribution in [0, 0.1) is 13.8 Å². The van der Waals surface area contributed by atoms with Crippen LogP contribution in [-0.2, 0) is 12.8 Å². The monoisotopic (exact) mass is 275 g/mol. The standard InChI is InChI=1S/C16H21NOS/c1-10-8-13(11(2)18-10)16(17)15-9-12-6-4-3-5-7-14(12)19-15/h8-9,16H,3-7,17H2,1-2H3. The highest BCUT2D eigenvalue weighted by Gasteiger charge is 2.20. The van der Waals surface area contributed by atoms with E-state index in [4.69, 9.17) is 10.2 Å². The Bertz CT molecular complexity index is 558. The summed E-state index contributed by atoms with van der Waals surface area (Å²) in [6, 6.07) is 4.37. The van der Waals surface area contributed by atoms with Crippen LogP contribution in [-0.4, -0.2) is 0 Å². The van der Waals surface area contributed by atoms with Crippen molar-refractivity contribution in [2.45, 2.75) is 52.0 Å². The van der Waals surface area contributed by atoms with Crippen LogP contribution in [0.4, 0.5) is 0 Å². The highest BCUT2D eigenvalue weighted by Crippen LogP contribution is 2.35. The van der Waals surface area contributed by atoms with Gasteiger partial charge in [-0.1, -0.05) is 6.42 Å². The van der Waals surface area contributed by atoms with Gasteiger partial charge in [-0.05, 0) is 57.2 Å². The molecule has 3 heteroatoms. The minimum absolute atomic E-state index is 0.0330. The Morgan fingerprint density at radius 2 is 1.95 bits per heavy atom. The molecule has 1 unspecified atom stereocenters. The normalized spacial score (nSPS) is 17.0. The predicted molar refractivity (Wildman–Crippen MR) is 79.8 cm³/mol. The van der Waals surface area contributed by atoms with E-state index in [2.05, 4.69) is 12.1 Å². The number of fused-ring (bicyclic) bond motifs is 1. The van der Waals surface area contributed by atoms with Crippen molar-refractivity contribution >= 4 is 11.3 Å². The summed E-state index contributed by atoms with van der Waals surface area (Å²) < 4.78 is 5.60. The fourth-order valence-electron chi connectivity index (χ4n) is 2.96. The first kappa shape index (κ1) is 12.9. The SMILES string of the molecule is Cc1cc(C(N)c2cc3c(s2)CCCCC3)c(C)o1. The first-order valence-corrected chi connectivity index (χ1v) is 7.91.